The van der Waals surface area contributed by atoms with E-state index in [9.17, 15) is 4.79 Å². The lowest BCUT2D eigenvalue weighted by atomic mass is 9.85. The highest BCUT2D eigenvalue weighted by molar-refractivity contribution is 5.74. The molecule has 1 N–H and O–H groups in total. The lowest BCUT2D eigenvalue weighted by Crippen LogP contribution is -2.53. The number of benzene rings is 2. The van der Waals surface area contributed by atoms with E-state index in [4.69, 9.17) is 9.47 Å². The predicted octanol–water partition coefficient (Wildman–Crippen LogP) is 5.93. The summed E-state index contributed by atoms with van der Waals surface area (Å²) in [5.41, 5.74) is 5.87. The average molecular weight is 463 g/mol. The standard InChI is InChI=1S/C29H38N2O3/c1-18(2)19-6-8-20(9-7-19)23-14-22-16-29(3,4)27(24(22)15-25(23)33-5)30-28(32)34-26-17-31-12-10-21(26)11-13-31/h6-9,14-15,18,21,26-27H,10-13,16-17H2,1-5H3,(H,30,32)/t26-,27?/m1/s1. The van der Waals surface area contributed by atoms with E-state index in [1.807, 2.05) is 0 Å². The van der Waals surface area contributed by atoms with Crippen LogP contribution in [0, 0.1) is 11.3 Å². The summed E-state index contributed by atoms with van der Waals surface area (Å²) in [6.07, 6.45) is 2.88. The largest absolute Gasteiger partial charge is 0.496 e. The molecule has 5 nitrogen and oxygen atoms in total. The Morgan fingerprint density at radius 3 is 2.41 bits per heavy atom. The van der Waals surface area contributed by atoms with Gasteiger partial charge in [-0.2, -0.15) is 0 Å². The molecule has 5 heteroatoms. The molecule has 3 heterocycles. The van der Waals surface area contributed by atoms with E-state index in [0.717, 1.165) is 61.3 Å². The van der Waals surface area contributed by atoms with Crippen molar-refractivity contribution in [3.05, 3.63) is 53.1 Å². The molecule has 1 aliphatic carbocycles. The highest BCUT2D eigenvalue weighted by atomic mass is 16.6. The number of nitrogens with zero attached hydrogens (tertiary/aromatic N) is 1. The first-order chi connectivity index (χ1) is 16.2. The maximum atomic E-state index is 13.0. The second-order valence-electron chi connectivity index (χ2n) is 11.4. The Bertz CT molecular complexity index is 1050. The number of amides is 1. The number of methoxy groups -OCH3 is 1. The fourth-order valence-corrected chi connectivity index (χ4v) is 6.12. The van der Waals surface area contributed by atoms with Gasteiger partial charge in [0.25, 0.3) is 0 Å². The molecule has 1 amide bonds. The fraction of sp³-hybridized carbons (Fsp3) is 0.552. The van der Waals surface area contributed by atoms with Crippen LogP contribution in [0.25, 0.3) is 11.1 Å². The minimum Gasteiger partial charge on any atom is -0.496 e. The van der Waals surface area contributed by atoms with Crippen molar-refractivity contribution in [2.24, 2.45) is 11.3 Å². The van der Waals surface area contributed by atoms with E-state index in [2.05, 4.69) is 74.3 Å². The van der Waals surface area contributed by atoms with Crippen LogP contribution in [0.2, 0.25) is 0 Å². The van der Waals surface area contributed by atoms with Gasteiger partial charge in [-0.15, -0.1) is 0 Å². The summed E-state index contributed by atoms with van der Waals surface area (Å²) in [4.78, 5) is 15.4. The highest BCUT2D eigenvalue weighted by Gasteiger charge is 2.42. The quantitative estimate of drug-likeness (QED) is 0.598. The SMILES string of the molecule is COc1cc2c(cc1-c1ccc(C(C)C)cc1)CC(C)(C)C2NC(=O)O[C@@H]1CN2CCC1CC2. The van der Waals surface area contributed by atoms with Crippen molar-refractivity contribution < 1.29 is 14.3 Å². The monoisotopic (exact) mass is 462 g/mol. The first-order valence-electron chi connectivity index (χ1n) is 12.8. The number of nitrogens with one attached hydrogen (secondary N) is 1. The summed E-state index contributed by atoms with van der Waals surface area (Å²) < 4.78 is 11.8. The van der Waals surface area contributed by atoms with Crippen molar-refractivity contribution >= 4 is 6.09 Å². The zero-order chi connectivity index (χ0) is 24.0. The van der Waals surface area contributed by atoms with Gasteiger partial charge in [-0.05, 0) is 84.0 Å². The number of hydrogen-bond donors (Lipinski definition) is 1. The smallest absolute Gasteiger partial charge is 0.407 e. The minimum atomic E-state index is -0.294. The van der Waals surface area contributed by atoms with Crippen molar-refractivity contribution in [3.8, 4) is 16.9 Å². The van der Waals surface area contributed by atoms with Crippen LogP contribution in [0.15, 0.2) is 36.4 Å². The molecule has 1 unspecified atom stereocenters. The molecule has 2 aromatic carbocycles. The van der Waals surface area contributed by atoms with E-state index in [-0.39, 0.29) is 23.7 Å². The van der Waals surface area contributed by atoms with E-state index in [1.54, 1.807) is 7.11 Å². The summed E-state index contributed by atoms with van der Waals surface area (Å²) in [6, 6.07) is 13.0. The third kappa shape index (κ3) is 4.31. The third-order valence-electron chi connectivity index (χ3n) is 8.20. The Kier molecular flexibility index (Phi) is 6.09. The third-order valence-corrected chi connectivity index (χ3v) is 8.20. The molecular weight excluding hydrogens is 424 g/mol. The number of carbonyl (C=O) groups is 1. The Balaban J connectivity index is 1.38. The van der Waals surface area contributed by atoms with Crippen molar-refractivity contribution in [1.82, 2.24) is 10.2 Å². The molecule has 3 fully saturated rings. The molecule has 4 aliphatic rings. The van der Waals surface area contributed by atoms with Crippen LogP contribution in [-0.4, -0.2) is 43.8 Å². The number of piperidine rings is 3. The normalized spacial score (nSPS) is 26.9. The Morgan fingerprint density at radius 1 is 1.12 bits per heavy atom. The Hall–Kier alpha value is -2.53. The second kappa shape index (κ2) is 8.92. The van der Waals surface area contributed by atoms with Gasteiger partial charge in [0.1, 0.15) is 11.9 Å². The number of hydrogen-bond acceptors (Lipinski definition) is 4. The van der Waals surface area contributed by atoms with E-state index in [0.29, 0.717) is 11.8 Å². The van der Waals surface area contributed by atoms with Crippen LogP contribution in [-0.2, 0) is 11.2 Å². The van der Waals surface area contributed by atoms with Gasteiger partial charge >= 0.3 is 6.09 Å². The Morgan fingerprint density at radius 2 is 1.82 bits per heavy atom. The van der Waals surface area contributed by atoms with Gasteiger partial charge in [0.2, 0.25) is 0 Å². The minimum absolute atomic E-state index is 0.0113. The summed E-state index contributed by atoms with van der Waals surface area (Å²) >= 11 is 0. The molecule has 3 saturated heterocycles. The van der Waals surface area contributed by atoms with Gasteiger partial charge in [0, 0.05) is 12.1 Å². The number of rotatable bonds is 5. The molecular formula is C29H38N2O3. The maximum Gasteiger partial charge on any atom is 0.407 e. The van der Waals surface area contributed by atoms with Gasteiger partial charge in [-0.25, -0.2) is 4.79 Å². The summed E-state index contributed by atoms with van der Waals surface area (Å²) in [5.74, 6) is 1.85. The predicted molar refractivity (Wildman–Crippen MR) is 135 cm³/mol. The van der Waals surface area contributed by atoms with Crippen LogP contribution in [0.1, 0.15) is 69.2 Å². The van der Waals surface area contributed by atoms with E-state index in [1.165, 1.54) is 11.1 Å². The van der Waals surface area contributed by atoms with Gasteiger partial charge < -0.3 is 14.8 Å². The van der Waals surface area contributed by atoms with Crippen molar-refractivity contribution in [1.29, 1.82) is 0 Å². The number of carbonyl (C=O) groups excluding carboxylic acids is 1. The van der Waals surface area contributed by atoms with Crippen LogP contribution >= 0.6 is 0 Å². The Labute approximate surface area is 203 Å². The van der Waals surface area contributed by atoms with E-state index >= 15 is 0 Å². The summed E-state index contributed by atoms with van der Waals surface area (Å²) in [6.45, 7) is 12.0. The number of ether oxygens (including phenoxy) is 2. The summed E-state index contributed by atoms with van der Waals surface area (Å²) in [5, 5.41) is 3.23. The molecule has 2 atom stereocenters. The van der Waals surface area contributed by atoms with Crippen LogP contribution < -0.4 is 10.1 Å². The molecule has 34 heavy (non-hydrogen) atoms. The average Bonchev–Trinajstić information content (AvgIpc) is 3.07. The van der Waals surface area contributed by atoms with Crippen LogP contribution in [0.3, 0.4) is 0 Å². The number of fused-ring (bicyclic) bond motifs is 4. The molecule has 0 radical (unpaired) electrons. The molecule has 0 aromatic heterocycles. The fourth-order valence-electron chi connectivity index (χ4n) is 6.12. The lowest BCUT2D eigenvalue weighted by Gasteiger charge is -2.44. The van der Waals surface area contributed by atoms with Gasteiger partial charge in [0.05, 0.1) is 13.2 Å². The number of alkyl carbamates (subject to hydrolysis) is 1. The maximum absolute atomic E-state index is 13.0. The first kappa shape index (κ1) is 23.2. The molecule has 3 aliphatic heterocycles. The van der Waals surface area contributed by atoms with Crippen LogP contribution in [0.5, 0.6) is 5.75 Å². The molecule has 0 saturated carbocycles. The molecule has 182 valence electrons. The zero-order valence-electron chi connectivity index (χ0n) is 21.2. The van der Waals surface area contributed by atoms with Crippen LogP contribution in [0.4, 0.5) is 4.79 Å². The molecule has 2 bridgehead atoms. The van der Waals surface area contributed by atoms with Gasteiger partial charge in [0.15, 0.2) is 0 Å². The van der Waals surface area contributed by atoms with E-state index < -0.39 is 0 Å². The molecule has 0 spiro atoms. The van der Waals surface area contributed by atoms with Crippen molar-refractivity contribution in [2.75, 3.05) is 26.7 Å². The highest BCUT2D eigenvalue weighted by Crippen LogP contribution is 2.48. The molecule has 6 rings (SSSR count). The van der Waals surface area contributed by atoms with Gasteiger partial charge in [-0.1, -0.05) is 52.0 Å². The molecule has 2 aromatic rings. The first-order valence-corrected chi connectivity index (χ1v) is 12.8. The van der Waals surface area contributed by atoms with Crippen molar-refractivity contribution in [2.45, 2.75) is 65.0 Å². The zero-order valence-corrected chi connectivity index (χ0v) is 21.2. The lowest BCUT2D eigenvalue weighted by molar-refractivity contribution is -0.0349. The topological polar surface area (TPSA) is 50.8 Å². The second-order valence-corrected chi connectivity index (χ2v) is 11.4. The summed E-state index contributed by atoms with van der Waals surface area (Å²) in [7, 11) is 1.72. The van der Waals surface area contributed by atoms with Crippen molar-refractivity contribution in [3.63, 3.8) is 0 Å². The van der Waals surface area contributed by atoms with Gasteiger partial charge in [-0.3, -0.25) is 4.90 Å².